The van der Waals surface area contributed by atoms with Gasteiger partial charge in [-0.3, -0.25) is 0 Å². The Hall–Kier alpha value is -3.08. The van der Waals surface area contributed by atoms with Gasteiger partial charge in [-0.25, -0.2) is 4.79 Å². The third-order valence-corrected chi connectivity index (χ3v) is 6.50. The number of fused-ring (bicyclic) bond motifs is 1. The molecule has 158 valence electrons. The SMILES string of the molecule is Cc1c(C)c(C)c(COc2ccc3c(C)c(CC(=O)[O-])c(=O)oc3c2C)c(C)c1C. The molecule has 0 bridgehead atoms. The van der Waals surface area contributed by atoms with Crippen LogP contribution in [-0.4, -0.2) is 5.97 Å². The zero-order valence-corrected chi connectivity index (χ0v) is 18.6. The molecule has 1 aromatic heterocycles. The molecule has 1 heterocycles. The van der Waals surface area contributed by atoms with Gasteiger partial charge in [-0.05, 0) is 99.5 Å². The first-order valence-corrected chi connectivity index (χ1v) is 9.98. The number of hydrogen-bond donors (Lipinski definition) is 0. The van der Waals surface area contributed by atoms with Crippen molar-refractivity contribution in [1.82, 2.24) is 0 Å². The molecule has 0 saturated carbocycles. The Morgan fingerprint density at radius 1 is 0.833 bits per heavy atom. The summed E-state index contributed by atoms with van der Waals surface area (Å²) in [4.78, 5) is 23.3. The summed E-state index contributed by atoms with van der Waals surface area (Å²) < 4.78 is 11.6. The van der Waals surface area contributed by atoms with Crippen molar-refractivity contribution in [3.05, 3.63) is 72.6 Å². The number of carbonyl (C=O) groups is 1. The lowest BCUT2D eigenvalue weighted by Crippen LogP contribution is -2.27. The maximum Gasteiger partial charge on any atom is 0.340 e. The average molecular weight is 407 g/mol. The molecule has 30 heavy (non-hydrogen) atoms. The van der Waals surface area contributed by atoms with Crippen molar-refractivity contribution in [2.75, 3.05) is 0 Å². The Balaban J connectivity index is 2.03. The minimum atomic E-state index is -1.31. The number of carboxylic acids is 1. The van der Waals surface area contributed by atoms with Crippen LogP contribution in [0.5, 0.6) is 5.75 Å². The van der Waals surface area contributed by atoms with Crippen molar-refractivity contribution in [2.24, 2.45) is 0 Å². The van der Waals surface area contributed by atoms with E-state index in [1.165, 1.54) is 27.8 Å². The van der Waals surface area contributed by atoms with Crippen LogP contribution in [0.15, 0.2) is 21.3 Å². The summed E-state index contributed by atoms with van der Waals surface area (Å²) in [6, 6.07) is 3.64. The minimum Gasteiger partial charge on any atom is -0.550 e. The van der Waals surface area contributed by atoms with Crippen molar-refractivity contribution in [2.45, 2.75) is 61.5 Å². The van der Waals surface area contributed by atoms with Crippen molar-refractivity contribution in [1.29, 1.82) is 0 Å². The molecule has 0 aliphatic rings. The first-order valence-electron chi connectivity index (χ1n) is 9.98. The van der Waals surface area contributed by atoms with E-state index in [-0.39, 0.29) is 5.56 Å². The molecule has 5 nitrogen and oxygen atoms in total. The quantitative estimate of drug-likeness (QED) is 0.601. The van der Waals surface area contributed by atoms with Gasteiger partial charge in [0.1, 0.15) is 17.9 Å². The van der Waals surface area contributed by atoms with E-state index in [1.807, 2.05) is 13.0 Å². The average Bonchev–Trinajstić information content (AvgIpc) is 2.69. The fourth-order valence-corrected chi connectivity index (χ4v) is 4.02. The Kier molecular flexibility index (Phi) is 5.75. The van der Waals surface area contributed by atoms with Crippen molar-refractivity contribution in [3.63, 3.8) is 0 Å². The Labute approximate surface area is 176 Å². The normalized spacial score (nSPS) is 11.2. The highest BCUT2D eigenvalue weighted by Gasteiger charge is 2.17. The number of carboxylic acid groups (broad SMARTS) is 1. The first-order chi connectivity index (χ1) is 14.0. The summed E-state index contributed by atoms with van der Waals surface area (Å²) in [6.45, 7) is 14.6. The molecular weight excluding hydrogens is 380 g/mol. The van der Waals surface area contributed by atoms with E-state index in [4.69, 9.17) is 9.15 Å². The molecule has 3 rings (SSSR count). The second kappa shape index (κ2) is 7.98. The molecule has 0 aliphatic heterocycles. The molecule has 0 radical (unpaired) electrons. The largest absolute Gasteiger partial charge is 0.550 e. The van der Waals surface area contributed by atoms with E-state index >= 15 is 0 Å². The third-order valence-electron chi connectivity index (χ3n) is 6.50. The maximum atomic E-state index is 12.3. The number of aliphatic carboxylic acids is 1. The molecule has 0 saturated heterocycles. The lowest BCUT2D eigenvalue weighted by atomic mass is 9.90. The molecule has 2 aromatic carbocycles. The molecular formula is C25H27O5-. The molecule has 0 amide bonds. The van der Waals surface area contributed by atoms with Gasteiger partial charge >= 0.3 is 5.63 Å². The number of ether oxygens (including phenoxy) is 1. The summed E-state index contributed by atoms with van der Waals surface area (Å²) in [5.41, 5.74) is 8.65. The van der Waals surface area contributed by atoms with Gasteiger partial charge in [0.2, 0.25) is 0 Å². The topological polar surface area (TPSA) is 79.6 Å². The van der Waals surface area contributed by atoms with Crippen LogP contribution >= 0.6 is 0 Å². The minimum absolute atomic E-state index is 0.118. The van der Waals surface area contributed by atoms with Crippen LogP contribution in [-0.2, 0) is 17.8 Å². The van der Waals surface area contributed by atoms with Crippen LogP contribution in [0.3, 0.4) is 0 Å². The highest BCUT2D eigenvalue weighted by atomic mass is 16.5. The van der Waals surface area contributed by atoms with E-state index in [1.54, 1.807) is 13.0 Å². The van der Waals surface area contributed by atoms with Gasteiger partial charge in [-0.15, -0.1) is 0 Å². The molecule has 0 fully saturated rings. The van der Waals surface area contributed by atoms with E-state index in [9.17, 15) is 14.7 Å². The van der Waals surface area contributed by atoms with E-state index < -0.39 is 18.0 Å². The second-order valence-electron chi connectivity index (χ2n) is 8.00. The predicted molar refractivity (Wildman–Crippen MR) is 115 cm³/mol. The van der Waals surface area contributed by atoms with Crippen LogP contribution in [0, 0.1) is 48.5 Å². The third kappa shape index (κ3) is 3.60. The van der Waals surface area contributed by atoms with Gasteiger partial charge < -0.3 is 19.1 Å². The molecule has 0 N–H and O–H groups in total. The van der Waals surface area contributed by atoms with Gasteiger partial charge in [-0.2, -0.15) is 0 Å². The molecule has 5 heteroatoms. The lowest BCUT2D eigenvalue weighted by Gasteiger charge is -2.20. The monoisotopic (exact) mass is 407 g/mol. The number of carbonyl (C=O) groups excluding carboxylic acids is 1. The number of hydrogen-bond acceptors (Lipinski definition) is 5. The fourth-order valence-electron chi connectivity index (χ4n) is 4.02. The summed E-state index contributed by atoms with van der Waals surface area (Å²) in [5, 5.41) is 11.7. The van der Waals surface area contributed by atoms with E-state index in [2.05, 4.69) is 34.6 Å². The highest BCUT2D eigenvalue weighted by Crippen LogP contribution is 2.32. The zero-order valence-electron chi connectivity index (χ0n) is 18.6. The highest BCUT2D eigenvalue weighted by molar-refractivity contribution is 5.86. The van der Waals surface area contributed by atoms with Crippen LogP contribution < -0.4 is 15.5 Å². The van der Waals surface area contributed by atoms with E-state index in [0.717, 1.165) is 5.56 Å². The second-order valence-corrected chi connectivity index (χ2v) is 8.00. The van der Waals surface area contributed by atoms with Crippen LogP contribution in [0.2, 0.25) is 0 Å². The van der Waals surface area contributed by atoms with E-state index in [0.29, 0.717) is 34.5 Å². The van der Waals surface area contributed by atoms with Gasteiger partial charge in [0.25, 0.3) is 0 Å². The zero-order chi connectivity index (χ0) is 22.3. The van der Waals surface area contributed by atoms with Gasteiger partial charge in [0.15, 0.2) is 0 Å². The summed E-state index contributed by atoms with van der Waals surface area (Å²) in [6.07, 6.45) is -0.466. The summed E-state index contributed by atoms with van der Waals surface area (Å²) >= 11 is 0. The van der Waals surface area contributed by atoms with Gasteiger partial charge in [-0.1, -0.05) is 0 Å². The predicted octanol–water partition coefficient (Wildman–Crippen LogP) is 3.82. The smallest absolute Gasteiger partial charge is 0.340 e. The Morgan fingerprint density at radius 2 is 1.40 bits per heavy atom. The van der Waals surface area contributed by atoms with Gasteiger partial charge in [0.05, 0.1) is 0 Å². The molecule has 0 atom stereocenters. The van der Waals surface area contributed by atoms with Crippen LogP contribution in [0.1, 0.15) is 50.1 Å². The van der Waals surface area contributed by atoms with Crippen molar-refractivity contribution in [3.8, 4) is 5.75 Å². The van der Waals surface area contributed by atoms with Gasteiger partial charge in [0, 0.05) is 28.9 Å². The summed E-state index contributed by atoms with van der Waals surface area (Å²) in [7, 11) is 0. The number of rotatable bonds is 5. The van der Waals surface area contributed by atoms with Crippen LogP contribution in [0.25, 0.3) is 11.0 Å². The van der Waals surface area contributed by atoms with Crippen LogP contribution in [0.4, 0.5) is 0 Å². The molecule has 0 spiro atoms. The standard InChI is InChI=1S/C25H28O5/c1-12-13(2)15(4)21(16(5)14(12)3)11-29-22-9-8-19-17(6)20(10-23(26)27)25(28)30-24(19)18(22)7/h8-9H,10-11H2,1-7H3,(H,26,27)/p-1. The Bertz CT molecular complexity index is 1200. The summed E-state index contributed by atoms with van der Waals surface area (Å²) in [5.74, 6) is -0.678. The molecule has 0 unspecified atom stereocenters. The first kappa shape index (κ1) is 21.6. The number of benzene rings is 2. The molecule has 0 aliphatic carbocycles. The van der Waals surface area contributed by atoms with Crippen molar-refractivity contribution < 1.29 is 19.1 Å². The van der Waals surface area contributed by atoms with Crippen molar-refractivity contribution >= 4 is 16.9 Å². The fraction of sp³-hybridized carbons (Fsp3) is 0.360. The molecule has 3 aromatic rings. The maximum absolute atomic E-state index is 12.3. The lowest BCUT2D eigenvalue weighted by molar-refractivity contribution is -0.304. The number of aryl methyl sites for hydroxylation is 2. The Morgan fingerprint density at radius 3 is 1.97 bits per heavy atom.